The van der Waals surface area contributed by atoms with Gasteiger partial charge in [0, 0.05) is 4.90 Å². The largest absolute Gasteiger partial charge is 0.480 e. The predicted molar refractivity (Wildman–Crippen MR) is 68.7 cm³/mol. The molecule has 2 nitrogen and oxygen atoms in total. The van der Waals surface area contributed by atoms with Gasteiger partial charge in [-0.1, -0.05) is 36.5 Å². The van der Waals surface area contributed by atoms with E-state index >= 15 is 0 Å². The molecule has 1 atom stereocenters. The van der Waals surface area contributed by atoms with Crippen LogP contribution in [-0.4, -0.2) is 16.3 Å². The van der Waals surface area contributed by atoms with Gasteiger partial charge in [-0.3, -0.25) is 4.79 Å². The molecule has 16 heavy (non-hydrogen) atoms. The standard InChI is InChI=1S/C11H12Cl2O2S/c1-2-3-10(11(14)15)16-7-4-5-8(12)9(13)6-7/h4-6,10H,2-3H2,1H3,(H,14,15). The van der Waals surface area contributed by atoms with Crippen LogP contribution in [0.5, 0.6) is 0 Å². The highest BCUT2D eigenvalue weighted by atomic mass is 35.5. The molecular formula is C11H12Cl2O2S. The summed E-state index contributed by atoms with van der Waals surface area (Å²) in [6.07, 6.45) is 1.48. The first-order chi connectivity index (χ1) is 7.54. The number of carboxylic acids is 1. The third-order valence-electron chi connectivity index (χ3n) is 2.00. The van der Waals surface area contributed by atoms with Crippen molar-refractivity contribution >= 4 is 40.9 Å². The van der Waals surface area contributed by atoms with Crippen LogP contribution in [0.15, 0.2) is 23.1 Å². The summed E-state index contributed by atoms with van der Waals surface area (Å²) in [7, 11) is 0. The average molecular weight is 279 g/mol. The van der Waals surface area contributed by atoms with E-state index in [1.807, 2.05) is 6.92 Å². The Morgan fingerprint density at radius 2 is 2.12 bits per heavy atom. The first kappa shape index (κ1) is 13.7. The smallest absolute Gasteiger partial charge is 0.316 e. The van der Waals surface area contributed by atoms with Gasteiger partial charge in [-0.25, -0.2) is 0 Å². The van der Waals surface area contributed by atoms with E-state index in [2.05, 4.69) is 0 Å². The van der Waals surface area contributed by atoms with E-state index < -0.39 is 11.2 Å². The molecular weight excluding hydrogens is 267 g/mol. The van der Waals surface area contributed by atoms with Crippen molar-refractivity contribution in [3.05, 3.63) is 28.2 Å². The average Bonchev–Trinajstić information content (AvgIpc) is 2.22. The highest BCUT2D eigenvalue weighted by molar-refractivity contribution is 8.00. The zero-order valence-corrected chi connectivity index (χ0v) is 11.1. The molecule has 5 heteroatoms. The van der Waals surface area contributed by atoms with Gasteiger partial charge in [0.1, 0.15) is 5.25 Å². The van der Waals surface area contributed by atoms with Crippen molar-refractivity contribution in [3.8, 4) is 0 Å². The summed E-state index contributed by atoms with van der Waals surface area (Å²) in [5.74, 6) is -0.794. The Hall–Kier alpha value is -0.380. The van der Waals surface area contributed by atoms with E-state index in [1.165, 1.54) is 11.8 Å². The maximum Gasteiger partial charge on any atom is 0.316 e. The molecule has 0 heterocycles. The van der Waals surface area contributed by atoms with Gasteiger partial charge in [-0.15, -0.1) is 11.8 Å². The molecule has 0 aliphatic carbocycles. The number of carboxylic acid groups (broad SMARTS) is 1. The summed E-state index contributed by atoms with van der Waals surface area (Å²) in [6.45, 7) is 1.96. The lowest BCUT2D eigenvalue weighted by Gasteiger charge is -2.11. The van der Waals surface area contributed by atoms with Crippen LogP contribution in [0.4, 0.5) is 0 Å². The van der Waals surface area contributed by atoms with Crippen LogP contribution in [0, 0.1) is 0 Å². The minimum atomic E-state index is -0.794. The summed E-state index contributed by atoms with van der Waals surface area (Å²) in [4.78, 5) is 11.8. The van der Waals surface area contributed by atoms with Crippen molar-refractivity contribution in [1.29, 1.82) is 0 Å². The van der Waals surface area contributed by atoms with E-state index in [0.717, 1.165) is 11.3 Å². The number of aliphatic carboxylic acids is 1. The van der Waals surface area contributed by atoms with Gasteiger partial charge >= 0.3 is 5.97 Å². The second-order valence-corrected chi connectivity index (χ2v) is 5.40. The summed E-state index contributed by atoms with van der Waals surface area (Å²) >= 11 is 12.9. The molecule has 1 rings (SSSR count). The summed E-state index contributed by atoms with van der Waals surface area (Å²) in [5.41, 5.74) is 0. The molecule has 0 aliphatic heterocycles. The highest BCUT2D eigenvalue weighted by Gasteiger charge is 2.17. The Kier molecular flexibility index (Phi) is 5.46. The minimum Gasteiger partial charge on any atom is -0.480 e. The Labute approximate surface area is 109 Å². The van der Waals surface area contributed by atoms with Crippen molar-refractivity contribution < 1.29 is 9.90 Å². The van der Waals surface area contributed by atoms with Crippen LogP contribution in [0.25, 0.3) is 0 Å². The lowest BCUT2D eigenvalue weighted by Crippen LogP contribution is -2.15. The normalized spacial score (nSPS) is 12.4. The molecule has 0 spiro atoms. The molecule has 0 radical (unpaired) electrons. The Morgan fingerprint density at radius 1 is 1.44 bits per heavy atom. The monoisotopic (exact) mass is 278 g/mol. The molecule has 0 fully saturated rings. The van der Waals surface area contributed by atoms with Crippen LogP contribution in [-0.2, 0) is 4.79 Å². The van der Waals surface area contributed by atoms with Crippen molar-refractivity contribution in [2.45, 2.75) is 29.9 Å². The zero-order chi connectivity index (χ0) is 12.1. The van der Waals surface area contributed by atoms with E-state index in [4.69, 9.17) is 28.3 Å². The molecule has 0 saturated carbocycles. The lowest BCUT2D eigenvalue weighted by molar-refractivity contribution is -0.136. The van der Waals surface area contributed by atoms with Crippen molar-refractivity contribution in [2.24, 2.45) is 0 Å². The third kappa shape index (κ3) is 3.89. The fraction of sp³-hybridized carbons (Fsp3) is 0.364. The minimum absolute atomic E-state index is 0.428. The number of carbonyl (C=O) groups is 1. The van der Waals surface area contributed by atoms with Crippen LogP contribution in [0.1, 0.15) is 19.8 Å². The number of hydrogen-bond donors (Lipinski definition) is 1. The summed E-state index contributed by atoms with van der Waals surface area (Å²) in [6, 6.07) is 5.15. The SMILES string of the molecule is CCCC(Sc1ccc(Cl)c(Cl)c1)C(=O)O. The molecule has 0 saturated heterocycles. The topological polar surface area (TPSA) is 37.3 Å². The van der Waals surface area contributed by atoms with Gasteiger partial charge in [0.15, 0.2) is 0 Å². The number of benzene rings is 1. The molecule has 88 valence electrons. The number of hydrogen-bond acceptors (Lipinski definition) is 2. The molecule has 0 aliphatic rings. The quantitative estimate of drug-likeness (QED) is 0.815. The fourth-order valence-electron chi connectivity index (χ4n) is 1.21. The van der Waals surface area contributed by atoms with Crippen LogP contribution >= 0.6 is 35.0 Å². The Morgan fingerprint density at radius 3 is 2.62 bits per heavy atom. The summed E-state index contributed by atoms with van der Waals surface area (Å²) in [5, 5.41) is 9.51. The van der Waals surface area contributed by atoms with Crippen LogP contribution in [0.2, 0.25) is 10.0 Å². The van der Waals surface area contributed by atoms with Crippen molar-refractivity contribution in [1.82, 2.24) is 0 Å². The van der Waals surface area contributed by atoms with E-state index in [9.17, 15) is 4.79 Å². The van der Waals surface area contributed by atoms with Crippen LogP contribution in [0.3, 0.4) is 0 Å². The lowest BCUT2D eigenvalue weighted by atomic mass is 10.2. The van der Waals surface area contributed by atoms with E-state index in [0.29, 0.717) is 16.5 Å². The summed E-state index contributed by atoms with van der Waals surface area (Å²) < 4.78 is 0. The van der Waals surface area contributed by atoms with E-state index in [1.54, 1.807) is 18.2 Å². The van der Waals surface area contributed by atoms with Gasteiger partial charge in [0.05, 0.1) is 10.0 Å². The first-order valence-corrected chi connectivity index (χ1v) is 6.52. The van der Waals surface area contributed by atoms with E-state index in [-0.39, 0.29) is 0 Å². The van der Waals surface area contributed by atoms with Gasteiger partial charge in [0.25, 0.3) is 0 Å². The molecule has 1 aromatic rings. The number of halogens is 2. The second-order valence-electron chi connectivity index (χ2n) is 3.31. The van der Waals surface area contributed by atoms with Gasteiger partial charge in [-0.05, 0) is 24.6 Å². The molecule has 0 bridgehead atoms. The molecule has 0 amide bonds. The molecule has 1 N–H and O–H groups in total. The predicted octanol–water partition coefficient (Wildman–Crippen LogP) is 4.34. The number of thioether (sulfide) groups is 1. The van der Waals surface area contributed by atoms with Gasteiger partial charge < -0.3 is 5.11 Å². The van der Waals surface area contributed by atoms with Crippen molar-refractivity contribution in [3.63, 3.8) is 0 Å². The first-order valence-electron chi connectivity index (χ1n) is 4.89. The van der Waals surface area contributed by atoms with Gasteiger partial charge in [0.2, 0.25) is 0 Å². The maximum absolute atomic E-state index is 11.0. The molecule has 0 aromatic heterocycles. The Bertz CT molecular complexity index is 382. The number of rotatable bonds is 5. The fourth-order valence-corrected chi connectivity index (χ4v) is 2.69. The van der Waals surface area contributed by atoms with Crippen LogP contribution < -0.4 is 0 Å². The second kappa shape index (κ2) is 6.38. The third-order valence-corrected chi connectivity index (χ3v) is 3.98. The molecule has 1 aromatic carbocycles. The Balaban J connectivity index is 2.77. The zero-order valence-electron chi connectivity index (χ0n) is 8.74. The van der Waals surface area contributed by atoms with Crippen molar-refractivity contribution in [2.75, 3.05) is 0 Å². The highest BCUT2D eigenvalue weighted by Crippen LogP contribution is 2.31. The van der Waals surface area contributed by atoms with Gasteiger partial charge in [-0.2, -0.15) is 0 Å². The maximum atomic E-state index is 11.0. The molecule has 1 unspecified atom stereocenters.